The third kappa shape index (κ3) is 2.91. The molecule has 1 aromatic rings. The lowest BCUT2D eigenvalue weighted by molar-refractivity contribution is -0.123. The van der Waals surface area contributed by atoms with Gasteiger partial charge in [-0.2, -0.15) is 0 Å². The summed E-state index contributed by atoms with van der Waals surface area (Å²) in [4.78, 5) is 12.0. The van der Waals surface area contributed by atoms with Gasteiger partial charge >= 0.3 is 0 Å². The summed E-state index contributed by atoms with van der Waals surface area (Å²) in [7, 11) is 0. The van der Waals surface area contributed by atoms with Crippen LogP contribution in [-0.4, -0.2) is 11.4 Å². The maximum atomic E-state index is 12.0. The molecule has 1 saturated carbocycles. The number of carbonyl (C=O) groups is 1. The number of nitrogens with one attached hydrogen (secondary N) is 1. The van der Waals surface area contributed by atoms with Gasteiger partial charge in [0.2, 0.25) is 5.91 Å². The molecule has 1 fully saturated rings. The van der Waals surface area contributed by atoms with Crippen molar-refractivity contribution in [2.45, 2.75) is 51.1 Å². The van der Waals surface area contributed by atoms with Gasteiger partial charge in [0.1, 0.15) is 0 Å². The highest BCUT2D eigenvalue weighted by molar-refractivity contribution is 5.77. The van der Waals surface area contributed by atoms with Crippen molar-refractivity contribution in [1.29, 1.82) is 0 Å². The van der Waals surface area contributed by atoms with Crippen molar-refractivity contribution in [1.82, 2.24) is 5.32 Å². The molecule has 1 amide bonds. The molecular weight excluding hydrogens is 224 g/mol. The number of rotatable bonds is 4. The fourth-order valence-corrected chi connectivity index (χ4v) is 2.57. The van der Waals surface area contributed by atoms with Gasteiger partial charge in [0, 0.05) is 12.0 Å². The molecule has 0 aromatic heterocycles. The Morgan fingerprint density at radius 1 is 1.44 bits per heavy atom. The van der Waals surface area contributed by atoms with E-state index in [9.17, 15) is 4.79 Å². The first-order valence-electron chi connectivity index (χ1n) is 6.64. The fourth-order valence-electron chi connectivity index (χ4n) is 2.57. The van der Waals surface area contributed by atoms with E-state index in [4.69, 9.17) is 5.73 Å². The Bertz CT molecular complexity index is 438. The van der Waals surface area contributed by atoms with E-state index < -0.39 is 0 Å². The van der Waals surface area contributed by atoms with Gasteiger partial charge in [0.05, 0.1) is 6.04 Å². The zero-order valence-corrected chi connectivity index (χ0v) is 11.2. The predicted octanol–water partition coefficient (Wildman–Crippen LogP) is 2.44. The molecule has 0 saturated heterocycles. The van der Waals surface area contributed by atoms with Crippen molar-refractivity contribution >= 4 is 5.91 Å². The second-order valence-corrected chi connectivity index (χ2v) is 5.54. The standard InChI is InChI=1S/C15H22N2O/c1-11-6-3-4-7-13(11)12(2)17-14(18)10-15(16)8-5-9-15/h3-4,6-7,12H,5,8-10,16H2,1-2H3,(H,17,18)/t12-/m1/s1. The highest BCUT2D eigenvalue weighted by Gasteiger charge is 2.34. The lowest BCUT2D eigenvalue weighted by Crippen LogP contribution is -2.50. The molecule has 0 unspecified atom stereocenters. The van der Waals surface area contributed by atoms with Crippen molar-refractivity contribution < 1.29 is 4.79 Å². The number of amides is 1. The lowest BCUT2D eigenvalue weighted by atomic mass is 9.75. The number of hydrogen-bond donors (Lipinski definition) is 2. The Hall–Kier alpha value is -1.35. The number of nitrogens with two attached hydrogens (primary N) is 1. The van der Waals surface area contributed by atoms with Crippen molar-refractivity contribution in [3.8, 4) is 0 Å². The van der Waals surface area contributed by atoms with Gasteiger partial charge in [0.15, 0.2) is 0 Å². The van der Waals surface area contributed by atoms with Gasteiger partial charge < -0.3 is 11.1 Å². The third-order valence-electron chi connectivity index (χ3n) is 3.89. The predicted molar refractivity (Wildman–Crippen MR) is 73.1 cm³/mol. The molecule has 3 nitrogen and oxygen atoms in total. The van der Waals surface area contributed by atoms with Gasteiger partial charge in [-0.1, -0.05) is 24.3 Å². The number of carbonyl (C=O) groups excluding carboxylic acids is 1. The van der Waals surface area contributed by atoms with E-state index in [1.54, 1.807) is 0 Å². The molecule has 98 valence electrons. The van der Waals surface area contributed by atoms with Crippen LogP contribution in [0.5, 0.6) is 0 Å². The topological polar surface area (TPSA) is 55.1 Å². The minimum Gasteiger partial charge on any atom is -0.350 e. The summed E-state index contributed by atoms with van der Waals surface area (Å²) in [6.07, 6.45) is 3.54. The van der Waals surface area contributed by atoms with Crippen molar-refractivity contribution in [2.24, 2.45) is 5.73 Å². The molecule has 2 rings (SSSR count). The molecule has 1 aromatic carbocycles. The number of aryl methyl sites for hydroxylation is 1. The van der Waals surface area contributed by atoms with Gasteiger partial charge in [-0.15, -0.1) is 0 Å². The molecule has 0 aliphatic heterocycles. The second kappa shape index (κ2) is 5.11. The molecular formula is C15H22N2O. The van der Waals surface area contributed by atoms with Crippen molar-refractivity contribution in [3.63, 3.8) is 0 Å². The zero-order valence-electron chi connectivity index (χ0n) is 11.2. The van der Waals surface area contributed by atoms with Gasteiger partial charge in [-0.3, -0.25) is 4.79 Å². The molecule has 1 aliphatic rings. The number of hydrogen-bond acceptors (Lipinski definition) is 2. The van der Waals surface area contributed by atoms with E-state index in [1.165, 1.54) is 11.1 Å². The smallest absolute Gasteiger partial charge is 0.222 e. The number of benzene rings is 1. The van der Waals surface area contributed by atoms with Crippen LogP contribution >= 0.6 is 0 Å². The largest absolute Gasteiger partial charge is 0.350 e. The molecule has 0 bridgehead atoms. The van der Waals surface area contributed by atoms with E-state index in [0.29, 0.717) is 6.42 Å². The minimum atomic E-state index is -0.241. The first-order chi connectivity index (χ1) is 8.50. The summed E-state index contributed by atoms with van der Waals surface area (Å²) in [6.45, 7) is 4.08. The Balaban J connectivity index is 1.93. The summed E-state index contributed by atoms with van der Waals surface area (Å²) in [5.41, 5.74) is 8.22. The Kier molecular flexibility index (Phi) is 3.71. The van der Waals surface area contributed by atoms with Crippen LogP contribution in [0.2, 0.25) is 0 Å². The van der Waals surface area contributed by atoms with Crippen LogP contribution in [0, 0.1) is 6.92 Å². The molecule has 1 atom stereocenters. The average Bonchev–Trinajstić information content (AvgIpc) is 2.27. The SMILES string of the molecule is Cc1ccccc1[C@@H](C)NC(=O)CC1(N)CCC1. The highest BCUT2D eigenvalue weighted by atomic mass is 16.1. The molecule has 0 spiro atoms. The van der Waals surface area contributed by atoms with E-state index in [2.05, 4.69) is 24.4 Å². The highest BCUT2D eigenvalue weighted by Crippen LogP contribution is 2.32. The molecule has 3 heteroatoms. The van der Waals surface area contributed by atoms with Crippen LogP contribution in [-0.2, 0) is 4.79 Å². The zero-order chi connectivity index (χ0) is 13.2. The van der Waals surface area contributed by atoms with E-state index >= 15 is 0 Å². The van der Waals surface area contributed by atoms with Crippen LogP contribution in [0.4, 0.5) is 0 Å². The lowest BCUT2D eigenvalue weighted by Gasteiger charge is -2.37. The van der Waals surface area contributed by atoms with Crippen molar-refractivity contribution in [3.05, 3.63) is 35.4 Å². The van der Waals surface area contributed by atoms with Crippen LogP contribution < -0.4 is 11.1 Å². The third-order valence-corrected chi connectivity index (χ3v) is 3.89. The maximum Gasteiger partial charge on any atom is 0.222 e. The summed E-state index contributed by atoms with van der Waals surface area (Å²) in [5.74, 6) is 0.0629. The molecule has 0 radical (unpaired) electrons. The minimum absolute atomic E-state index is 0.0439. The van der Waals surface area contributed by atoms with E-state index in [0.717, 1.165) is 19.3 Å². The molecule has 18 heavy (non-hydrogen) atoms. The van der Waals surface area contributed by atoms with Crippen molar-refractivity contribution in [2.75, 3.05) is 0 Å². The van der Waals surface area contributed by atoms with Crippen LogP contribution in [0.1, 0.15) is 49.8 Å². The summed E-state index contributed by atoms with van der Waals surface area (Å²) in [6, 6.07) is 8.18. The first kappa shape index (κ1) is 13.1. The van der Waals surface area contributed by atoms with Gasteiger partial charge in [-0.25, -0.2) is 0 Å². The van der Waals surface area contributed by atoms with Gasteiger partial charge in [-0.05, 0) is 44.2 Å². The van der Waals surface area contributed by atoms with Gasteiger partial charge in [0.25, 0.3) is 0 Å². The average molecular weight is 246 g/mol. The Labute approximate surface area is 109 Å². The molecule has 0 heterocycles. The molecule has 3 N–H and O–H groups in total. The summed E-state index contributed by atoms with van der Waals surface area (Å²) >= 11 is 0. The quantitative estimate of drug-likeness (QED) is 0.857. The normalized spacial score (nSPS) is 18.8. The fraction of sp³-hybridized carbons (Fsp3) is 0.533. The summed E-state index contributed by atoms with van der Waals surface area (Å²) < 4.78 is 0. The van der Waals surface area contributed by atoms with E-state index in [1.807, 2.05) is 19.1 Å². The first-order valence-corrected chi connectivity index (χ1v) is 6.64. The maximum absolute atomic E-state index is 12.0. The summed E-state index contributed by atoms with van der Waals surface area (Å²) in [5, 5.41) is 3.04. The van der Waals surface area contributed by atoms with Crippen LogP contribution in [0.3, 0.4) is 0 Å². The second-order valence-electron chi connectivity index (χ2n) is 5.54. The van der Waals surface area contributed by atoms with Crippen LogP contribution in [0.25, 0.3) is 0 Å². The van der Waals surface area contributed by atoms with Crippen LogP contribution in [0.15, 0.2) is 24.3 Å². The monoisotopic (exact) mass is 246 g/mol. The Morgan fingerprint density at radius 2 is 2.11 bits per heavy atom. The molecule has 1 aliphatic carbocycles. The van der Waals surface area contributed by atoms with E-state index in [-0.39, 0.29) is 17.5 Å². The Morgan fingerprint density at radius 3 is 2.67 bits per heavy atom.